The Kier molecular flexibility index (Phi) is 4.01. The molecule has 2 aliphatic heterocycles. The number of thiophene rings is 1. The fourth-order valence-electron chi connectivity index (χ4n) is 3.95. The van der Waals surface area contributed by atoms with E-state index in [9.17, 15) is 0 Å². The molecule has 4 heterocycles. The number of fused-ring (bicyclic) bond motifs is 1. The topological polar surface area (TPSA) is 41.0 Å². The Bertz CT molecular complexity index is 639. The minimum absolute atomic E-state index is 0.764. The number of hydrogen-bond donors (Lipinski definition) is 1. The zero-order valence-corrected chi connectivity index (χ0v) is 14.0. The molecule has 0 aromatic carbocycles. The molecule has 2 saturated heterocycles. The lowest BCUT2D eigenvalue weighted by Gasteiger charge is -2.35. The Morgan fingerprint density at radius 1 is 1.27 bits per heavy atom. The van der Waals surface area contributed by atoms with Crippen molar-refractivity contribution in [1.82, 2.24) is 15.3 Å². The number of aromatic nitrogens is 2. The summed E-state index contributed by atoms with van der Waals surface area (Å²) < 4.78 is 0. The Hall–Kier alpha value is -1.20. The normalized spacial score (nSPS) is 23.5. The van der Waals surface area contributed by atoms with Gasteiger partial charge in [-0.05, 0) is 50.6 Å². The second-order valence-electron chi connectivity index (χ2n) is 6.51. The third kappa shape index (κ3) is 2.61. The Morgan fingerprint density at radius 2 is 2.14 bits per heavy atom. The Balaban J connectivity index is 1.52. The fraction of sp³-hybridized carbons (Fsp3) is 0.647. The van der Waals surface area contributed by atoms with Crippen LogP contribution in [0.1, 0.15) is 37.5 Å². The monoisotopic (exact) mass is 316 g/mol. The van der Waals surface area contributed by atoms with Crippen molar-refractivity contribution in [3.63, 3.8) is 0 Å². The summed E-state index contributed by atoms with van der Waals surface area (Å²) in [5.74, 6) is 2.00. The predicted octanol–water partition coefficient (Wildman–Crippen LogP) is 3.22. The van der Waals surface area contributed by atoms with Crippen molar-refractivity contribution >= 4 is 27.4 Å². The largest absolute Gasteiger partial charge is 0.356 e. The van der Waals surface area contributed by atoms with Crippen molar-refractivity contribution in [1.29, 1.82) is 0 Å². The van der Waals surface area contributed by atoms with Crippen LogP contribution in [0.3, 0.4) is 0 Å². The highest BCUT2D eigenvalue weighted by Gasteiger charge is 2.29. The molecule has 0 amide bonds. The zero-order valence-electron chi connectivity index (χ0n) is 13.2. The molecule has 4 rings (SSSR count). The van der Waals surface area contributed by atoms with Crippen LogP contribution in [0.25, 0.3) is 10.2 Å². The van der Waals surface area contributed by atoms with Crippen molar-refractivity contribution in [2.45, 2.75) is 45.1 Å². The second-order valence-corrected chi connectivity index (χ2v) is 7.62. The van der Waals surface area contributed by atoms with Crippen LogP contribution in [0.15, 0.2) is 12.4 Å². The van der Waals surface area contributed by atoms with E-state index in [4.69, 9.17) is 0 Å². The van der Waals surface area contributed by atoms with Crippen molar-refractivity contribution < 1.29 is 0 Å². The van der Waals surface area contributed by atoms with Gasteiger partial charge in [0.2, 0.25) is 0 Å². The standard InChI is InChI=1S/C17H24N4S/c1-2-13-10-14-16(19-11-20-17(14)22-13)21-8-5-12(6-9-21)15-4-3-7-18-15/h10-12,15,18H,2-9H2,1H3. The molecule has 4 nitrogen and oxygen atoms in total. The van der Waals surface area contributed by atoms with Gasteiger partial charge in [0.05, 0.1) is 5.39 Å². The molecule has 5 heteroatoms. The van der Waals surface area contributed by atoms with Crippen LogP contribution in [0, 0.1) is 5.92 Å². The zero-order chi connectivity index (χ0) is 14.9. The summed E-state index contributed by atoms with van der Waals surface area (Å²) in [6, 6.07) is 3.06. The molecule has 2 aromatic heterocycles. The van der Waals surface area contributed by atoms with E-state index < -0.39 is 0 Å². The number of aryl methyl sites for hydroxylation is 1. The molecule has 0 bridgehead atoms. The number of nitrogens with one attached hydrogen (secondary N) is 1. The first-order valence-corrected chi connectivity index (χ1v) is 9.38. The third-order valence-electron chi connectivity index (χ3n) is 5.21. The first-order chi connectivity index (χ1) is 10.8. The quantitative estimate of drug-likeness (QED) is 0.944. The maximum Gasteiger partial charge on any atom is 0.140 e. The fourth-order valence-corrected chi connectivity index (χ4v) is 4.88. The van der Waals surface area contributed by atoms with Gasteiger partial charge in [-0.1, -0.05) is 6.92 Å². The summed E-state index contributed by atoms with van der Waals surface area (Å²) in [6.45, 7) is 5.68. The van der Waals surface area contributed by atoms with Gasteiger partial charge in [0.15, 0.2) is 0 Å². The summed E-state index contributed by atoms with van der Waals surface area (Å²) >= 11 is 1.81. The van der Waals surface area contributed by atoms with Crippen molar-refractivity contribution in [3.8, 4) is 0 Å². The SMILES string of the molecule is CCc1cc2c(N3CCC(C4CCCN4)CC3)ncnc2s1. The van der Waals surface area contributed by atoms with Crippen LogP contribution in [-0.2, 0) is 6.42 Å². The minimum atomic E-state index is 0.764. The van der Waals surface area contributed by atoms with Gasteiger partial charge < -0.3 is 10.2 Å². The number of hydrogen-bond acceptors (Lipinski definition) is 5. The molecule has 1 N–H and O–H groups in total. The lowest BCUT2D eigenvalue weighted by atomic mass is 9.88. The smallest absolute Gasteiger partial charge is 0.140 e. The van der Waals surface area contributed by atoms with Gasteiger partial charge in [0.1, 0.15) is 17.0 Å². The highest BCUT2D eigenvalue weighted by atomic mass is 32.1. The van der Waals surface area contributed by atoms with Crippen LogP contribution in [-0.4, -0.2) is 35.6 Å². The summed E-state index contributed by atoms with van der Waals surface area (Å²) in [5, 5.41) is 4.93. The van der Waals surface area contributed by atoms with Crippen LogP contribution >= 0.6 is 11.3 Å². The van der Waals surface area contributed by atoms with Gasteiger partial charge in [-0.15, -0.1) is 11.3 Å². The Labute approximate surface area is 136 Å². The van der Waals surface area contributed by atoms with Gasteiger partial charge in [-0.3, -0.25) is 0 Å². The number of rotatable bonds is 3. The summed E-state index contributed by atoms with van der Waals surface area (Å²) in [7, 11) is 0. The molecule has 2 aliphatic rings. The minimum Gasteiger partial charge on any atom is -0.356 e. The van der Waals surface area contributed by atoms with E-state index in [2.05, 4.69) is 33.2 Å². The maximum absolute atomic E-state index is 4.61. The van der Waals surface area contributed by atoms with E-state index in [1.54, 1.807) is 6.33 Å². The summed E-state index contributed by atoms with van der Waals surface area (Å²) in [4.78, 5) is 14.1. The molecule has 22 heavy (non-hydrogen) atoms. The maximum atomic E-state index is 4.61. The van der Waals surface area contributed by atoms with Crippen LogP contribution < -0.4 is 10.2 Å². The van der Waals surface area contributed by atoms with Crippen LogP contribution in [0.2, 0.25) is 0 Å². The van der Waals surface area contributed by atoms with Gasteiger partial charge in [0, 0.05) is 24.0 Å². The van der Waals surface area contributed by atoms with E-state index in [0.29, 0.717) is 0 Å². The molecular formula is C17H24N4S. The lowest BCUT2D eigenvalue weighted by Crippen LogP contribution is -2.41. The highest BCUT2D eigenvalue weighted by molar-refractivity contribution is 7.18. The first-order valence-electron chi connectivity index (χ1n) is 8.57. The Morgan fingerprint density at radius 3 is 2.86 bits per heavy atom. The molecule has 1 unspecified atom stereocenters. The number of nitrogens with zero attached hydrogens (tertiary/aromatic N) is 3. The molecule has 0 radical (unpaired) electrons. The highest BCUT2D eigenvalue weighted by Crippen LogP contribution is 2.33. The van der Waals surface area contributed by atoms with E-state index >= 15 is 0 Å². The number of anilines is 1. The van der Waals surface area contributed by atoms with E-state index in [-0.39, 0.29) is 0 Å². The average Bonchev–Trinajstić information content (AvgIpc) is 3.23. The first kappa shape index (κ1) is 14.4. The molecule has 2 aromatic rings. The molecule has 2 fully saturated rings. The molecular weight excluding hydrogens is 292 g/mol. The summed E-state index contributed by atoms with van der Waals surface area (Å²) in [6.07, 6.45) is 8.11. The second kappa shape index (κ2) is 6.13. The van der Waals surface area contributed by atoms with E-state index in [1.807, 2.05) is 11.3 Å². The van der Waals surface area contributed by atoms with Gasteiger partial charge >= 0.3 is 0 Å². The van der Waals surface area contributed by atoms with Gasteiger partial charge in [-0.2, -0.15) is 0 Å². The molecule has 0 spiro atoms. The van der Waals surface area contributed by atoms with Crippen LogP contribution in [0.5, 0.6) is 0 Å². The van der Waals surface area contributed by atoms with Crippen LogP contribution in [0.4, 0.5) is 5.82 Å². The molecule has 0 saturated carbocycles. The summed E-state index contributed by atoms with van der Waals surface area (Å²) in [5.41, 5.74) is 0. The third-order valence-corrected chi connectivity index (χ3v) is 6.40. The van der Waals surface area contributed by atoms with Crippen molar-refractivity contribution in [3.05, 3.63) is 17.3 Å². The predicted molar refractivity (Wildman–Crippen MR) is 92.8 cm³/mol. The van der Waals surface area contributed by atoms with E-state index in [1.165, 1.54) is 42.5 Å². The van der Waals surface area contributed by atoms with Gasteiger partial charge in [0.25, 0.3) is 0 Å². The lowest BCUT2D eigenvalue weighted by molar-refractivity contribution is 0.318. The number of piperidine rings is 1. The van der Waals surface area contributed by atoms with Gasteiger partial charge in [-0.25, -0.2) is 9.97 Å². The van der Waals surface area contributed by atoms with Crippen molar-refractivity contribution in [2.24, 2.45) is 5.92 Å². The molecule has 0 aliphatic carbocycles. The van der Waals surface area contributed by atoms with Crippen molar-refractivity contribution in [2.75, 3.05) is 24.5 Å². The average molecular weight is 316 g/mol. The molecule has 1 atom stereocenters. The molecule has 118 valence electrons. The van der Waals surface area contributed by atoms with E-state index in [0.717, 1.165) is 42.1 Å².